The summed E-state index contributed by atoms with van der Waals surface area (Å²) in [5.41, 5.74) is 2.22. The normalized spacial score (nSPS) is 14.9. The Morgan fingerprint density at radius 2 is 1.76 bits per heavy atom. The summed E-state index contributed by atoms with van der Waals surface area (Å²) >= 11 is 0. The molecule has 130 valence electrons. The molecule has 2 aromatic rings. The first-order valence-corrected chi connectivity index (χ1v) is 8.48. The molecule has 2 amide bonds. The number of nitrogens with zero attached hydrogens (tertiary/aromatic N) is 2. The predicted molar refractivity (Wildman–Crippen MR) is 96.2 cm³/mol. The van der Waals surface area contributed by atoms with Gasteiger partial charge < -0.3 is 9.64 Å². The van der Waals surface area contributed by atoms with Gasteiger partial charge in [0.05, 0.1) is 6.54 Å². The molecule has 1 fully saturated rings. The van der Waals surface area contributed by atoms with Crippen molar-refractivity contribution in [3.05, 3.63) is 66.2 Å². The summed E-state index contributed by atoms with van der Waals surface area (Å²) in [6.45, 7) is 3.33. The second-order valence-electron chi connectivity index (χ2n) is 6.16. The standard InChI is InChI=1S/C20H22N2O3/c1-16(14-19(23)21-12-13-25-20(21)24)22(18-10-6-3-7-11-18)15-17-8-4-2-5-9-17/h2-11,16H,12-15H2,1H3. The van der Waals surface area contributed by atoms with Gasteiger partial charge in [-0.1, -0.05) is 48.5 Å². The zero-order valence-electron chi connectivity index (χ0n) is 14.3. The number of cyclic esters (lactones) is 1. The Labute approximate surface area is 147 Å². The van der Waals surface area contributed by atoms with Crippen LogP contribution in [0.25, 0.3) is 0 Å². The lowest BCUT2D eigenvalue weighted by molar-refractivity contribution is -0.128. The number of hydrogen-bond donors (Lipinski definition) is 0. The summed E-state index contributed by atoms with van der Waals surface area (Å²) in [5.74, 6) is -0.191. The Bertz CT molecular complexity index is 718. The zero-order chi connectivity index (χ0) is 17.6. The van der Waals surface area contributed by atoms with Crippen LogP contribution in [0.1, 0.15) is 18.9 Å². The van der Waals surface area contributed by atoms with E-state index in [1.165, 1.54) is 10.5 Å². The summed E-state index contributed by atoms with van der Waals surface area (Å²) in [6.07, 6.45) is -0.275. The lowest BCUT2D eigenvalue weighted by atomic mass is 10.1. The molecule has 2 aromatic carbocycles. The number of carbonyl (C=O) groups is 2. The van der Waals surface area contributed by atoms with Gasteiger partial charge >= 0.3 is 6.09 Å². The van der Waals surface area contributed by atoms with Gasteiger partial charge in [0.15, 0.2) is 0 Å². The predicted octanol–water partition coefficient (Wildman–Crippen LogP) is 3.45. The van der Waals surface area contributed by atoms with Crippen LogP contribution in [0.4, 0.5) is 10.5 Å². The number of benzene rings is 2. The summed E-state index contributed by atoms with van der Waals surface area (Å²) < 4.78 is 4.86. The monoisotopic (exact) mass is 338 g/mol. The van der Waals surface area contributed by atoms with Crippen LogP contribution in [0.2, 0.25) is 0 Å². The maximum absolute atomic E-state index is 12.5. The topological polar surface area (TPSA) is 49.9 Å². The largest absolute Gasteiger partial charge is 0.447 e. The Morgan fingerprint density at radius 3 is 2.36 bits per heavy atom. The van der Waals surface area contributed by atoms with Gasteiger partial charge in [-0.2, -0.15) is 0 Å². The van der Waals surface area contributed by atoms with E-state index in [2.05, 4.69) is 17.0 Å². The minimum Gasteiger partial charge on any atom is -0.447 e. The minimum atomic E-state index is -0.536. The van der Waals surface area contributed by atoms with E-state index in [0.29, 0.717) is 13.1 Å². The van der Waals surface area contributed by atoms with Crippen molar-refractivity contribution in [2.75, 3.05) is 18.1 Å². The third kappa shape index (κ3) is 4.18. The number of imide groups is 1. The first kappa shape index (κ1) is 17.0. The van der Waals surface area contributed by atoms with Gasteiger partial charge in [0.1, 0.15) is 6.61 Å². The van der Waals surface area contributed by atoms with Crippen LogP contribution in [-0.4, -0.2) is 36.1 Å². The number of carbonyl (C=O) groups excluding carboxylic acids is 2. The van der Waals surface area contributed by atoms with Crippen LogP contribution in [-0.2, 0) is 16.1 Å². The van der Waals surface area contributed by atoms with Crippen LogP contribution in [0, 0.1) is 0 Å². The summed E-state index contributed by atoms with van der Waals surface area (Å²) in [6, 6.07) is 20.1. The van der Waals surface area contributed by atoms with Crippen LogP contribution in [0.5, 0.6) is 0 Å². The maximum atomic E-state index is 12.5. The summed E-state index contributed by atoms with van der Waals surface area (Å²) in [5, 5.41) is 0. The summed E-state index contributed by atoms with van der Waals surface area (Å²) in [4.78, 5) is 27.4. The van der Waals surface area contributed by atoms with Crippen LogP contribution >= 0.6 is 0 Å². The highest BCUT2D eigenvalue weighted by molar-refractivity contribution is 5.93. The van der Waals surface area contributed by atoms with Crippen molar-refractivity contribution in [3.8, 4) is 0 Å². The van der Waals surface area contributed by atoms with Crippen molar-refractivity contribution in [3.63, 3.8) is 0 Å². The molecule has 1 saturated heterocycles. The lowest BCUT2D eigenvalue weighted by Gasteiger charge is -2.32. The average molecular weight is 338 g/mol. The van der Waals surface area contributed by atoms with E-state index in [9.17, 15) is 9.59 Å². The van der Waals surface area contributed by atoms with E-state index in [4.69, 9.17) is 4.74 Å². The van der Waals surface area contributed by atoms with Crippen molar-refractivity contribution in [2.24, 2.45) is 0 Å². The number of hydrogen-bond acceptors (Lipinski definition) is 4. The van der Waals surface area contributed by atoms with Gasteiger partial charge in [-0.3, -0.25) is 4.79 Å². The molecule has 5 nitrogen and oxygen atoms in total. The SMILES string of the molecule is CC(CC(=O)N1CCOC1=O)N(Cc1ccccc1)c1ccccc1. The number of para-hydroxylation sites is 1. The Morgan fingerprint density at radius 1 is 1.12 bits per heavy atom. The maximum Gasteiger partial charge on any atom is 0.416 e. The Hall–Kier alpha value is -2.82. The molecule has 0 spiro atoms. The molecule has 0 saturated carbocycles. The summed E-state index contributed by atoms with van der Waals surface area (Å²) in [7, 11) is 0. The van der Waals surface area contributed by atoms with E-state index in [0.717, 1.165) is 5.69 Å². The first-order valence-electron chi connectivity index (χ1n) is 8.48. The van der Waals surface area contributed by atoms with Gasteiger partial charge in [0.2, 0.25) is 5.91 Å². The molecule has 1 unspecified atom stereocenters. The number of rotatable bonds is 6. The average Bonchev–Trinajstić information content (AvgIpc) is 3.07. The Balaban J connectivity index is 1.76. The van der Waals surface area contributed by atoms with Crippen LogP contribution in [0.15, 0.2) is 60.7 Å². The molecule has 1 aliphatic heterocycles. The highest BCUT2D eigenvalue weighted by Gasteiger charge is 2.30. The molecule has 0 radical (unpaired) electrons. The van der Waals surface area contributed by atoms with Crippen molar-refractivity contribution < 1.29 is 14.3 Å². The molecule has 1 atom stereocenters. The van der Waals surface area contributed by atoms with Gasteiger partial charge in [0.25, 0.3) is 0 Å². The van der Waals surface area contributed by atoms with Crippen LogP contribution in [0.3, 0.4) is 0 Å². The molecule has 0 aliphatic carbocycles. The van der Waals surface area contributed by atoms with Gasteiger partial charge in [-0.05, 0) is 24.6 Å². The van der Waals surface area contributed by atoms with E-state index in [-0.39, 0.29) is 25.0 Å². The quantitative estimate of drug-likeness (QED) is 0.809. The van der Waals surface area contributed by atoms with Gasteiger partial charge in [0, 0.05) is 24.7 Å². The number of amides is 2. The lowest BCUT2D eigenvalue weighted by Crippen LogP contribution is -2.39. The zero-order valence-corrected chi connectivity index (χ0v) is 14.3. The van der Waals surface area contributed by atoms with Crippen molar-refractivity contribution >= 4 is 17.7 Å². The molecule has 3 rings (SSSR count). The highest BCUT2D eigenvalue weighted by Crippen LogP contribution is 2.22. The molecular weight excluding hydrogens is 316 g/mol. The molecule has 5 heteroatoms. The molecule has 1 aliphatic rings. The second-order valence-corrected chi connectivity index (χ2v) is 6.16. The fraction of sp³-hybridized carbons (Fsp3) is 0.300. The Kier molecular flexibility index (Phi) is 5.33. The third-order valence-electron chi connectivity index (χ3n) is 4.35. The molecule has 0 bridgehead atoms. The molecule has 0 N–H and O–H groups in total. The number of ether oxygens (including phenoxy) is 1. The second kappa shape index (κ2) is 7.83. The third-order valence-corrected chi connectivity index (χ3v) is 4.35. The molecule has 0 aromatic heterocycles. The molecule has 25 heavy (non-hydrogen) atoms. The number of anilines is 1. The molecule has 1 heterocycles. The first-order chi connectivity index (χ1) is 12.1. The fourth-order valence-electron chi connectivity index (χ4n) is 2.99. The van der Waals surface area contributed by atoms with Gasteiger partial charge in [-0.25, -0.2) is 9.69 Å². The van der Waals surface area contributed by atoms with Gasteiger partial charge in [-0.15, -0.1) is 0 Å². The van der Waals surface area contributed by atoms with E-state index in [1.54, 1.807) is 0 Å². The van der Waals surface area contributed by atoms with E-state index < -0.39 is 6.09 Å². The fourth-order valence-corrected chi connectivity index (χ4v) is 2.99. The van der Waals surface area contributed by atoms with Crippen molar-refractivity contribution in [2.45, 2.75) is 25.9 Å². The van der Waals surface area contributed by atoms with Crippen molar-refractivity contribution in [1.82, 2.24) is 4.90 Å². The highest BCUT2D eigenvalue weighted by atomic mass is 16.6. The van der Waals surface area contributed by atoms with Crippen molar-refractivity contribution in [1.29, 1.82) is 0 Å². The minimum absolute atomic E-state index is 0.0523. The van der Waals surface area contributed by atoms with E-state index in [1.807, 2.05) is 55.5 Å². The van der Waals surface area contributed by atoms with E-state index >= 15 is 0 Å². The van der Waals surface area contributed by atoms with Crippen LogP contribution < -0.4 is 4.90 Å². The molecular formula is C20H22N2O3. The smallest absolute Gasteiger partial charge is 0.416 e.